The molecule has 136 valence electrons. The molecule has 1 saturated carbocycles. The zero-order valence-electron chi connectivity index (χ0n) is 14.8. The molecule has 0 radical (unpaired) electrons. The fourth-order valence-electron chi connectivity index (χ4n) is 4.58. The first-order valence-corrected chi connectivity index (χ1v) is 9.78. The van der Waals surface area contributed by atoms with Crippen molar-refractivity contribution >= 4 is 5.91 Å². The van der Waals surface area contributed by atoms with Crippen molar-refractivity contribution in [3.05, 3.63) is 29.8 Å². The standard InChI is InChI=1S/C20H29N3O2/c24-20(10-9-18-16-6-2-3-7-17(16)22-23-18)21-12-14-11-15-5-1-4-8-19(15)25-13-14/h1,4-5,8,14,16-18,22-23H,2-3,6-7,9-13H2,(H,21,24). The predicted octanol–water partition coefficient (Wildman–Crippen LogP) is 2.17. The predicted molar refractivity (Wildman–Crippen MR) is 97.2 cm³/mol. The van der Waals surface area contributed by atoms with Crippen LogP contribution >= 0.6 is 0 Å². The van der Waals surface area contributed by atoms with E-state index in [1.807, 2.05) is 18.2 Å². The molecule has 4 atom stereocenters. The van der Waals surface area contributed by atoms with Gasteiger partial charge in [-0.25, -0.2) is 0 Å². The first-order chi connectivity index (χ1) is 12.3. The van der Waals surface area contributed by atoms with Gasteiger partial charge in [-0.3, -0.25) is 15.6 Å². The smallest absolute Gasteiger partial charge is 0.220 e. The topological polar surface area (TPSA) is 62.4 Å². The minimum absolute atomic E-state index is 0.167. The molecule has 2 aliphatic heterocycles. The molecule has 0 aromatic heterocycles. The average molecular weight is 343 g/mol. The maximum Gasteiger partial charge on any atom is 0.220 e. The number of ether oxygens (including phenoxy) is 1. The summed E-state index contributed by atoms with van der Waals surface area (Å²) in [5.41, 5.74) is 8.10. The number of rotatable bonds is 5. The van der Waals surface area contributed by atoms with E-state index in [0.717, 1.165) is 18.6 Å². The van der Waals surface area contributed by atoms with Crippen LogP contribution in [0.25, 0.3) is 0 Å². The molecule has 0 bridgehead atoms. The number of hydrazine groups is 1. The molecule has 1 aromatic rings. The van der Waals surface area contributed by atoms with E-state index < -0.39 is 0 Å². The summed E-state index contributed by atoms with van der Waals surface area (Å²) in [6.45, 7) is 1.39. The van der Waals surface area contributed by atoms with E-state index >= 15 is 0 Å². The highest BCUT2D eigenvalue weighted by atomic mass is 16.5. The molecule has 2 fully saturated rings. The van der Waals surface area contributed by atoms with Crippen LogP contribution in [-0.4, -0.2) is 31.1 Å². The van der Waals surface area contributed by atoms with E-state index in [1.165, 1.54) is 31.2 Å². The Kier molecular flexibility index (Phi) is 5.22. The van der Waals surface area contributed by atoms with Crippen LogP contribution in [0.5, 0.6) is 5.75 Å². The fourth-order valence-corrected chi connectivity index (χ4v) is 4.58. The summed E-state index contributed by atoms with van der Waals surface area (Å²) in [6, 6.07) is 9.24. The van der Waals surface area contributed by atoms with Crippen molar-refractivity contribution in [2.45, 2.75) is 57.0 Å². The van der Waals surface area contributed by atoms with Crippen molar-refractivity contribution in [3.63, 3.8) is 0 Å². The van der Waals surface area contributed by atoms with Gasteiger partial charge < -0.3 is 10.1 Å². The second kappa shape index (κ2) is 7.75. The summed E-state index contributed by atoms with van der Waals surface area (Å²) in [5.74, 6) is 2.23. The molecule has 1 saturated heterocycles. The maximum absolute atomic E-state index is 12.2. The van der Waals surface area contributed by atoms with E-state index in [9.17, 15) is 4.79 Å². The zero-order valence-corrected chi connectivity index (χ0v) is 14.8. The lowest BCUT2D eigenvalue weighted by Crippen LogP contribution is -2.36. The highest BCUT2D eigenvalue weighted by molar-refractivity contribution is 5.75. The summed E-state index contributed by atoms with van der Waals surface area (Å²) in [6.07, 6.45) is 7.72. The average Bonchev–Trinajstić information content (AvgIpc) is 3.08. The highest BCUT2D eigenvalue weighted by Gasteiger charge is 2.36. The third kappa shape index (κ3) is 3.98. The Hall–Kier alpha value is -1.59. The number of hydrogen-bond donors (Lipinski definition) is 3. The van der Waals surface area contributed by atoms with E-state index in [0.29, 0.717) is 43.5 Å². The SMILES string of the molecule is O=C(CCC1NNC2CCCCC21)NCC1COc2ccccc2C1. The summed E-state index contributed by atoms with van der Waals surface area (Å²) in [7, 11) is 0. The number of fused-ring (bicyclic) bond motifs is 2. The lowest BCUT2D eigenvalue weighted by atomic mass is 9.80. The largest absolute Gasteiger partial charge is 0.493 e. The van der Waals surface area contributed by atoms with Gasteiger partial charge in [0.05, 0.1) is 6.61 Å². The Morgan fingerprint density at radius 3 is 3.04 bits per heavy atom. The Labute approximate surface area is 149 Å². The Morgan fingerprint density at radius 2 is 2.08 bits per heavy atom. The Morgan fingerprint density at radius 1 is 1.20 bits per heavy atom. The monoisotopic (exact) mass is 343 g/mol. The molecule has 4 unspecified atom stereocenters. The van der Waals surface area contributed by atoms with Gasteiger partial charge in [0.1, 0.15) is 5.75 Å². The zero-order chi connectivity index (χ0) is 17.1. The number of hydrogen-bond acceptors (Lipinski definition) is 4. The van der Waals surface area contributed by atoms with Crippen LogP contribution in [0.1, 0.15) is 44.1 Å². The van der Waals surface area contributed by atoms with Gasteiger partial charge in [-0.15, -0.1) is 0 Å². The number of carbonyl (C=O) groups is 1. The van der Waals surface area contributed by atoms with Gasteiger partial charge in [-0.1, -0.05) is 31.0 Å². The number of amides is 1. The van der Waals surface area contributed by atoms with E-state index in [-0.39, 0.29) is 5.91 Å². The van der Waals surface area contributed by atoms with Gasteiger partial charge in [-0.2, -0.15) is 0 Å². The van der Waals surface area contributed by atoms with Gasteiger partial charge in [-0.05, 0) is 43.2 Å². The molecule has 1 amide bonds. The van der Waals surface area contributed by atoms with Crippen molar-refractivity contribution in [2.24, 2.45) is 11.8 Å². The number of para-hydroxylation sites is 1. The quantitative estimate of drug-likeness (QED) is 0.767. The number of benzene rings is 1. The van der Waals surface area contributed by atoms with Gasteiger partial charge in [0, 0.05) is 31.0 Å². The summed E-state index contributed by atoms with van der Waals surface area (Å²) >= 11 is 0. The van der Waals surface area contributed by atoms with E-state index in [4.69, 9.17) is 4.74 Å². The number of nitrogens with one attached hydrogen (secondary N) is 3. The van der Waals surface area contributed by atoms with E-state index in [2.05, 4.69) is 22.2 Å². The molecular formula is C20H29N3O2. The maximum atomic E-state index is 12.2. The van der Waals surface area contributed by atoms with E-state index in [1.54, 1.807) is 0 Å². The molecule has 3 N–H and O–H groups in total. The highest BCUT2D eigenvalue weighted by Crippen LogP contribution is 2.31. The van der Waals surface area contributed by atoms with Crippen LogP contribution < -0.4 is 20.9 Å². The Bertz CT molecular complexity index is 606. The lowest BCUT2D eigenvalue weighted by Gasteiger charge is -2.27. The molecular weight excluding hydrogens is 314 g/mol. The third-order valence-electron chi connectivity index (χ3n) is 6.02. The first-order valence-electron chi connectivity index (χ1n) is 9.78. The van der Waals surface area contributed by atoms with Crippen molar-refractivity contribution in [1.82, 2.24) is 16.2 Å². The van der Waals surface area contributed by atoms with Gasteiger partial charge >= 0.3 is 0 Å². The van der Waals surface area contributed by atoms with Crippen molar-refractivity contribution in [1.29, 1.82) is 0 Å². The molecule has 3 aliphatic rings. The van der Waals surface area contributed by atoms with Crippen LogP contribution in [-0.2, 0) is 11.2 Å². The summed E-state index contributed by atoms with van der Waals surface area (Å²) < 4.78 is 5.80. The minimum atomic E-state index is 0.167. The molecule has 5 heteroatoms. The second-order valence-electron chi connectivity index (χ2n) is 7.78. The van der Waals surface area contributed by atoms with Crippen molar-refractivity contribution < 1.29 is 9.53 Å². The first kappa shape index (κ1) is 16.9. The fraction of sp³-hybridized carbons (Fsp3) is 0.650. The van der Waals surface area contributed by atoms with Crippen LogP contribution in [0.15, 0.2) is 24.3 Å². The molecule has 0 spiro atoms. The second-order valence-corrected chi connectivity index (χ2v) is 7.78. The van der Waals surface area contributed by atoms with Gasteiger partial charge in [0.25, 0.3) is 0 Å². The van der Waals surface area contributed by atoms with Crippen LogP contribution in [0.4, 0.5) is 0 Å². The molecule has 25 heavy (non-hydrogen) atoms. The lowest BCUT2D eigenvalue weighted by molar-refractivity contribution is -0.121. The van der Waals surface area contributed by atoms with Crippen LogP contribution in [0, 0.1) is 11.8 Å². The number of carbonyl (C=O) groups excluding carboxylic acids is 1. The third-order valence-corrected chi connectivity index (χ3v) is 6.02. The van der Waals surface area contributed by atoms with Gasteiger partial charge in [0.2, 0.25) is 5.91 Å². The van der Waals surface area contributed by atoms with Crippen LogP contribution in [0.3, 0.4) is 0 Å². The molecule has 5 nitrogen and oxygen atoms in total. The van der Waals surface area contributed by atoms with Crippen molar-refractivity contribution in [2.75, 3.05) is 13.2 Å². The van der Waals surface area contributed by atoms with Crippen molar-refractivity contribution in [3.8, 4) is 5.75 Å². The molecule has 1 aromatic carbocycles. The minimum Gasteiger partial charge on any atom is -0.493 e. The molecule has 1 aliphatic carbocycles. The summed E-state index contributed by atoms with van der Waals surface area (Å²) in [4.78, 5) is 12.2. The molecule has 2 heterocycles. The van der Waals surface area contributed by atoms with Gasteiger partial charge in [0.15, 0.2) is 0 Å². The Balaban J connectivity index is 1.19. The summed E-state index contributed by atoms with van der Waals surface area (Å²) in [5, 5.41) is 3.11. The normalized spacial score (nSPS) is 30.9. The van der Waals surface area contributed by atoms with Crippen LogP contribution in [0.2, 0.25) is 0 Å². The molecule has 4 rings (SSSR count).